The minimum atomic E-state index is 0.705. The van der Waals surface area contributed by atoms with E-state index < -0.39 is 0 Å². The SMILES string of the molecule is CN=C(NC)NCc1c(C)oc2ccccc12. The van der Waals surface area contributed by atoms with Crippen molar-refractivity contribution in [2.75, 3.05) is 14.1 Å². The van der Waals surface area contributed by atoms with Crippen LogP contribution in [0.3, 0.4) is 0 Å². The van der Waals surface area contributed by atoms with Crippen LogP contribution >= 0.6 is 0 Å². The van der Waals surface area contributed by atoms with E-state index in [2.05, 4.69) is 21.7 Å². The maximum atomic E-state index is 5.70. The van der Waals surface area contributed by atoms with Gasteiger partial charge in [0.25, 0.3) is 0 Å². The highest BCUT2D eigenvalue weighted by Crippen LogP contribution is 2.24. The van der Waals surface area contributed by atoms with E-state index >= 15 is 0 Å². The van der Waals surface area contributed by atoms with Gasteiger partial charge >= 0.3 is 0 Å². The summed E-state index contributed by atoms with van der Waals surface area (Å²) < 4.78 is 5.70. The predicted molar refractivity (Wildman–Crippen MR) is 70.2 cm³/mol. The van der Waals surface area contributed by atoms with Crippen molar-refractivity contribution < 1.29 is 4.42 Å². The molecule has 4 heteroatoms. The Bertz CT molecular complexity index is 543. The van der Waals surface area contributed by atoms with Gasteiger partial charge < -0.3 is 15.1 Å². The minimum Gasteiger partial charge on any atom is -0.461 e. The van der Waals surface area contributed by atoms with E-state index in [1.165, 1.54) is 5.56 Å². The lowest BCUT2D eigenvalue weighted by Crippen LogP contribution is -2.34. The second-order valence-electron chi connectivity index (χ2n) is 3.81. The summed E-state index contributed by atoms with van der Waals surface area (Å²) in [6.45, 7) is 2.69. The Hall–Kier alpha value is -1.97. The molecule has 0 fully saturated rings. The number of aryl methyl sites for hydroxylation is 1. The number of benzene rings is 1. The molecular formula is C13H17N3O. The molecule has 1 aromatic carbocycles. The summed E-state index contributed by atoms with van der Waals surface area (Å²) in [4.78, 5) is 4.08. The average molecular weight is 231 g/mol. The minimum absolute atomic E-state index is 0.705. The van der Waals surface area contributed by atoms with Gasteiger partial charge in [0, 0.05) is 31.6 Å². The summed E-state index contributed by atoms with van der Waals surface area (Å²) in [7, 11) is 3.59. The predicted octanol–water partition coefficient (Wildman–Crippen LogP) is 2.04. The highest BCUT2D eigenvalue weighted by atomic mass is 16.3. The average Bonchev–Trinajstić information content (AvgIpc) is 2.67. The van der Waals surface area contributed by atoms with Crippen LogP contribution < -0.4 is 10.6 Å². The van der Waals surface area contributed by atoms with Gasteiger partial charge in [0.15, 0.2) is 5.96 Å². The summed E-state index contributed by atoms with van der Waals surface area (Å²) in [5.74, 6) is 1.72. The maximum Gasteiger partial charge on any atom is 0.190 e. The molecule has 2 aromatic rings. The lowest BCUT2D eigenvalue weighted by Gasteiger charge is -2.07. The first-order valence-corrected chi connectivity index (χ1v) is 5.61. The molecule has 1 aromatic heterocycles. The van der Waals surface area contributed by atoms with Crippen LogP contribution in [0.15, 0.2) is 33.7 Å². The Morgan fingerprint density at radius 1 is 1.35 bits per heavy atom. The Kier molecular flexibility index (Phi) is 3.32. The molecule has 0 aliphatic rings. The van der Waals surface area contributed by atoms with Crippen molar-refractivity contribution >= 4 is 16.9 Å². The molecule has 90 valence electrons. The van der Waals surface area contributed by atoms with Crippen LogP contribution in [0.25, 0.3) is 11.0 Å². The molecule has 0 atom stereocenters. The summed E-state index contributed by atoms with van der Waals surface area (Å²) >= 11 is 0. The van der Waals surface area contributed by atoms with E-state index in [0.717, 1.165) is 22.7 Å². The third-order valence-electron chi connectivity index (χ3n) is 2.79. The number of rotatable bonds is 2. The first-order valence-electron chi connectivity index (χ1n) is 5.61. The van der Waals surface area contributed by atoms with Crippen LogP contribution in [0.5, 0.6) is 0 Å². The number of hydrogen-bond acceptors (Lipinski definition) is 2. The molecule has 0 spiro atoms. The van der Waals surface area contributed by atoms with Gasteiger partial charge in [0.1, 0.15) is 11.3 Å². The second kappa shape index (κ2) is 4.91. The molecule has 0 radical (unpaired) electrons. The first kappa shape index (κ1) is 11.5. The zero-order valence-electron chi connectivity index (χ0n) is 10.4. The Labute approximate surface area is 101 Å². The summed E-state index contributed by atoms with van der Waals surface area (Å²) in [6, 6.07) is 8.06. The second-order valence-corrected chi connectivity index (χ2v) is 3.81. The molecule has 2 N–H and O–H groups in total. The molecular weight excluding hydrogens is 214 g/mol. The van der Waals surface area contributed by atoms with E-state index in [4.69, 9.17) is 4.42 Å². The lowest BCUT2D eigenvalue weighted by molar-refractivity contribution is 0.570. The number of nitrogens with zero attached hydrogens (tertiary/aromatic N) is 1. The van der Waals surface area contributed by atoms with E-state index in [0.29, 0.717) is 6.54 Å². The maximum absolute atomic E-state index is 5.70. The van der Waals surface area contributed by atoms with E-state index in [-0.39, 0.29) is 0 Å². The molecule has 0 bridgehead atoms. The highest BCUT2D eigenvalue weighted by molar-refractivity contribution is 5.83. The number of aliphatic imine (C=N–C) groups is 1. The van der Waals surface area contributed by atoms with Crippen LogP contribution in [0.2, 0.25) is 0 Å². The number of fused-ring (bicyclic) bond motifs is 1. The molecule has 0 saturated heterocycles. The molecule has 1 heterocycles. The topological polar surface area (TPSA) is 49.6 Å². The molecule has 0 amide bonds. The van der Waals surface area contributed by atoms with E-state index in [9.17, 15) is 0 Å². The summed E-state index contributed by atoms with van der Waals surface area (Å²) in [5.41, 5.74) is 2.11. The van der Waals surface area contributed by atoms with Gasteiger partial charge in [0.2, 0.25) is 0 Å². The lowest BCUT2D eigenvalue weighted by atomic mass is 10.1. The van der Waals surface area contributed by atoms with Gasteiger partial charge in [-0.2, -0.15) is 0 Å². The highest BCUT2D eigenvalue weighted by Gasteiger charge is 2.10. The fourth-order valence-corrected chi connectivity index (χ4v) is 1.89. The summed E-state index contributed by atoms with van der Waals surface area (Å²) in [6.07, 6.45) is 0. The number of hydrogen-bond donors (Lipinski definition) is 2. The van der Waals surface area contributed by atoms with Crippen molar-refractivity contribution in [1.82, 2.24) is 10.6 Å². The number of furan rings is 1. The Morgan fingerprint density at radius 3 is 2.82 bits per heavy atom. The van der Waals surface area contributed by atoms with Crippen LogP contribution in [-0.2, 0) is 6.54 Å². The Balaban J connectivity index is 2.26. The molecule has 4 nitrogen and oxygen atoms in total. The van der Waals surface area contributed by atoms with Crippen LogP contribution in [0, 0.1) is 6.92 Å². The fraction of sp³-hybridized carbons (Fsp3) is 0.308. The molecule has 0 aliphatic carbocycles. The fourth-order valence-electron chi connectivity index (χ4n) is 1.89. The van der Waals surface area contributed by atoms with Crippen molar-refractivity contribution in [2.45, 2.75) is 13.5 Å². The molecule has 2 rings (SSSR count). The summed E-state index contributed by atoms with van der Waals surface area (Å²) in [5, 5.41) is 7.38. The number of nitrogens with one attached hydrogen (secondary N) is 2. The normalized spacial score (nSPS) is 11.8. The zero-order valence-corrected chi connectivity index (χ0v) is 10.4. The quantitative estimate of drug-likeness (QED) is 0.614. The van der Waals surface area contributed by atoms with Gasteiger partial charge in [-0.05, 0) is 13.0 Å². The zero-order chi connectivity index (χ0) is 12.3. The molecule has 0 unspecified atom stereocenters. The smallest absolute Gasteiger partial charge is 0.190 e. The van der Waals surface area contributed by atoms with Crippen LogP contribution in [0.4, 0.5) is 0 Å². The Morgan fingerprint density at radius 2 is 2.12 bits per heavy atom. The van der Waals surface area contributed by atoms with Crippen molar-refractivity contribution in [1.29, 1.82) is 0 Å². The van der Waals surface area contributed by atoms with Crippen LogP contribution in [-0.4, -0.2) is 20.1 Å². The third kappa shape index (κ3) is 2.25. The van der Waals surface area contributed by atoms with Gasteiger partial charge in [-0.25, -0.2) is 0 Å². The van der Waals surface area contributed by atoms with Gasteiger partial charge in [-0.15, -0.1) is 0 Å². The van der Waals surface area contributed by atoms with Crippen molar-refractivity contribution in [2.24, 2.45) is 4.99 Å². The molecule has 17 heavy (non-hydrogen) atoms. The number of para-hydroxylation sites is 1. The molecule has 0 aliphatic heterocycles. The van der Waals surface area contributed by atoms with Crippen molar-refractivity contribution in [3.8, 4) is 0 Å². The largest absolute Gasteiger partial charge is 0.461 e. The van der Waals surface area contributed by atoms with E-state index in [1.54, 1.807) is 7.05 Å². The standard InChI is InChI=1S/C13H17N3O/c1-9-11(8-16-13(14-2)15-3)10-6-4-5-7-12(10)17-9/h4-7H,8H2,1-3H3,(H2,14,15,16). The third-order valence-corrected chi connectivity index (χ3v) is 2.79. The monoisotopic (exact) mass is 231 g/mol. The van der Waals surface area contributed by atoms with Crippen molar-refractivity contribution in [3.63, 3.8) is 0 Å². The van der Waals surface area contributed by atoms with Gasteiger partial charge in [-0.1, -0.05) is 18.2 Å². The number of guanidine groups is 1. The van der Waals surface area contributed by atoms with Gasteiger partial charge in [0.05, 0.1) is 0 Å². The van der Waals surface area contributed by atoms with E-state index in [1.807, 2.05) is 32.2 Å². The van der Waals surface area contributed by atoms with Crippen molar-refractivity contribution in [3.05, 3.63) is 35.6 Å². The van der Waals surface area contributed by atoms with Crippen LogP contribution in [0.1, 0.15) is 11.3 Å². The van der Waals surface area contributed by atoms with Gasteiger partial charge in [-0.3, -0.25) is 4.99 Å². The molecule has 0 saturated carbocycles. The first-order chi connectivity index (χ1) is 8.26.